The quantitative estimate of drug-likeness (QED) is 0.0550. The first-order chi connectivity index (χ1) is 19.6. The van der Waals surface area contributed by atoms with Crippen LogP contribution in [0, 0.1) is 0 Å². The van der Waals surface area contributed by atoms with Gasteiger partial charge in [0.15, 0.2) is 0 Å². The molecule has 4 heteroatoms. The van der Waals surface area contributed by atoms with Crippen LogP contribution in [-0.4, -0.2) is 30.0 Å². The van der Waals surface area contributed by atoms with Gasteiger partial charge in [0.2, 0.25) is 0 Å². The van der Waals surface area contributed by atoms with Gasteiger partial charge in [0.1, 0.15) is 0 Å². The smallest absolute Gasteiger partial charge is 0.550 e. The van der Waals surface area contributed by atoms with E-state index in [-0.39, 0.29) is 57.8 Å². The van der Waals surface area contributed by atoms with Crippen molar-refractivity contribution < 1.29 is 61.3 Å². The van der Waals surface area contributed by atoms with Crippen molar-refractivity contribution in [3.63, 3.8) is 0 Å². The van der Waals surface area contributed by atoms with Crippen LogP contribution in [0.1, 0.15) is 213 Å². The molecule has 0 saturated heterocycles. The average Bonchev–Trinajstić information content (AvgIpc) is 2.95. The Morgan fingerprint density at radius 1 is 0.488 bits per heavy atom. The number of carbonyl (C=O) groups excluding carboxylic acids is 1. The zero-order valence-corrected chi connectivity index (χ0v) is 32.1. The third kappa shape index (κ3) is 35.4. The van der Waals surface area contributed by atoms with Gasteiger partial charge >= 0.3 is 51.4 Å². The van der Waals surface area contributed by atoms with Crippen molar-refractivity contribution in [1.82, 2.24) is 4.90 Å². The van der Waals surface area contributed by atoms with Gasteiger partial charge in [0.05, 0.1) is 0 Å². The maximum Gasteiger partial charge on any atom is 1.00 e. The molecule has 0 spiro atoms. The van der Waals surface area contributed by atoms with Gasteiger partial charge in [-0.05, 0) is 45.7 Å². The molecule has 240 valence electrons. The Labute approximate surface area is 302 Å². The first kappa shape index (κ1) is 44.2. The molecule has 41 heavy (non-hydrogen) atoms. The molecule has 0 N–H and O–H groups in total. The van der Waals surface area contributed by atoms with E-state index in [9.17, 15) is 9.90 Å². The van der Waals surface area contributed by atoms with Crippen molar-refractivity contribution in [2.24, 2.45) is 0 Å². The van der Waals surface area contributed by atoms with E-state index in [1.807, 2.05) is 0 Å². The molecule has 0 heterocycles. The van der Waals surface area contributed by atoms with Crippen LogP contribution in [0.4, 0.5) is 0 Å². The monoisotopic (exact) mass is 604 g/mol. The molecule has 0 amide bonds. The summed E-state index contributed by atoms with van der Waals surface area (Å²) in [7, 11) is 0. The molecular weight excluding hydrogens is 530 g/mol. The molecular formula is C37H74KNO2. The summed E-state index contributed by atoms with van der Waals surface area (Å²) in [4.78, 5) is 13.6. The van der Waals surface area contributed by atoms with Gasteiger partial charge in [-0.25, -0.2) is 0 Å². The third-order valence-corrected chi connectivity index (χ3v) is 8.99. The van der Waals surface area contributed by atoms with E-state index >= 15 is 0 Å². The van der Waals surface area contributed by atoms with Crippen LogP contribution in [0.2, 0.25) is 0 Å². The van der Waals surface area contributed by atoms with E-state index in [4.69, 9.17) is 0 Å². The van der Waals surface area contributed by atoms with Crippen LogP contribution >= 0.6 is 0 Å². The minimum absolute atomic E-state index is 0. The number of carbonyl (C=O) groups is 1. The summed E-state index contributed by atoms with van der Waals surface area (Å²) in [6.45, 7) is 9.06. The molecule has 0 aliphatic carbocycles. The minimum atomic E-state index is -0.903. The van der Waals surface area contributed by atoms with Crippen LogP contribution in [0.15, 0.2) is 0 Å². The number of rotatable bonds is 34. The van der Waals surface area contributed by atoms with Gasteiger partial charge in [0, 0.05) is 12.0 Å². The molecule has 0 radical (unpaired) electrons. The fourth-order valence-corrected chi connectivity index (χ4v) is 6.08. The van der Waals surface area contributed by atoms with Crippen LogP contribution in [0.5, 0.6) is 0 Å². The fourth-order valence-electron chi connectivity index (χ4n) is 6.08. The molecule has 0 aromatic carbocycles. The standard InChI is InChI=1S/C37H75NO2.K/c1-4-6-8-10-12-14-16-18-20-22-24-26-28-30-34-38(36(3)32-33-37(39)40)35-31-29-27-25-23-21-19-17-15-13-11-9-7-5-2;/h36H,4-35H2,1-3H3,(H,39,40);/q;+1/p-1. The van der Waals surface area contributed by atoms with E-state index in [2.05, 4.69) is 25.7 Å². The zero-order chi connectivity index (χ0) is 29.4. The molecule has 1 atom stereocenters. The normalized spacial score (nSPS) is 12.1. The minimum Gasteiger partial charge on any atom is -0.550 e. The number of nitrogens with zero attached hydrogens (tertiary/aromatic N) is 1. The molecule has 3 nitrogen and oxygen atoms in total. The number of carboxylic acid groups (broad SMARTS) is 1. The van der Waals surface area contributed by atoms with E-state index in [1.54, 1.807) is 0 Å². The first-order valence-corrected chi connectivity index (χ1v) is 18.6. The molecule has 0 aromatic rings. The molecule has 0 rings (SSSR count). The van der Waals surface area contributed by atoms with Gasteiger partial charge in [-0.1, -0.05) is 181 Å². The van der Waals surface area contributed by atoms with Crippen LogP contribution in [0.3, 0.4) is 0 Å². The van der Waals surface area contributed by atoms with Gasteiger partial charge < -0.3 is 14.8 Å². The van der Waals surface area contributed by atoms with Crippen molar-refractivity contribution in [1.29, 1.82) is 0 Å². The summed E-state index contributed by atoms with van der Waals surface area (Å²) in [6.07, 6.45) is 39.9. The summed E-state index contributed by atoms with van der Waals surface area (Å²) in [6, 6.07) is 0.349. The summed E-state index contributed by atoms with van der Waals surface area (Å²) < 4.78 is 0. The Morgan fingerprint density at radius 3 is 0.976 bits per heavy atom. The zero-order valence-electron chi connectivity index (χ0n) is 29.0. The van der Waals surface area contributed by atoms with Crippen LogP contribution in [-0.2, 0) is 4.79 Å². The molecule has 1 unspecified atom stereocenters. The average molecular weight is 604 g/mol. The van der Waals surface area contributed by atoms with Gasteiger partial charge in [0.25, 0.3) is 0 Å². The van der Waals surface area contributed by atoms with Crippen molar-refractivity contribution >= 4 is 5.97 Å². The molecule has 0 bridgehead atoms. The van der Waals surface area contributed by atoms with E-state index < -0.39 is 5.97 Å². The third-order valence-electron chi connectivity index (χ3n) is 8.99. The number of aliphatic carboxylic acids is 1. The maximum atomic E-state index is 11.0. The van der Waals surface area contributed by atoms with E-state index in [0.717, 1.165) is 19.5 Å². The van der Waals surface area contributed by atoms with Crippen molar-refractivity contribution in [3.05, 3.63) is 0 Å². The van der Waals surface area contributed by atoms with Gasteiger partial charge in [-0.15, -0.1) is 0 Å². The Morgan fingerprint density at radius 2 is 0.732 bits per heavy atom. The Hall–Kier alpha value is 1.07. The number of carboxylic acids is 1. The van der Waals surface area contributed by atoms with Crippen LogP contribution in [0.25, 0.3) is 0 Å². The number of hydrogen-bond donors (Lipinski definition) is 0. The SMILES string of the molecule is CCCCCCCCCCCCCCCCN(CCCCCCCCCCCCCCCC)C(C)CCC(=O)[O-].[K+]. The van der Waals surface area contributed by atoms with E-state index in [1.165, 1.54) is 180 Å². The molecule has 0 saturated carbocycles. The summed E-state index contributed by atoms with van der Waals surface area (Å²) >= 11 is 0. The van der Waals surface area contributed by atoms with Crippen molar-refractivity contribution in [2.75, 3.05) is 13.1 Å². The summed E-state index contributed by atoms with van der Waals surface area (Å²) in [5.74, 6) is -0.903. The van der Waals surface area contributed by atoms with Gasteiger partial charge in [-0.3, -0.25) is 0 Å². The second kappa shape index (κ2) is 37.3. The maximum absolute atomic E-state index is 11.0. The van der Waals surface area contributed by atoms with Gasteiger partial charge in [-0.2, -0.15) is 0 Å². The Balaban J connectivity index is 0. The molecule has 0 aliphatic rings. The topological polar surface area (TPSA) is 43.4 Å². The predicted octanol–water partition coefficient (Wildman–Crippen LogP) is 8.17. The molecule has 0 aromatic heterocycles. The second-order valence-corrected chi connectivity index (χ2v) is 13.0. The number of unbranched alkanes of at least 4 members (excludes halogenated alkanes) is 26. The fraction of sp³-hybridized carbons (Fsp3) is 0.973. The van der Waals surface area contributed by atoms with Crippen molar-refractivity contribution in [3.8, 4) is 0 Å². The Bertz CT molecular complexity index is 469. The largest absolute Gasteiger partial charge is 1.00 e. The second-order valence-electron chi connectivity index (χ2n) is 13.0. The Kier molecular flexibility index (Phi) is 40.2. The number of hydrogen-bond acceptors (Lipinski definition) is 3. The summed E-state index contributed by atoms with van der Waals surface area (Å²) in [5, 5.41) is 11.0. The summed E-state index contributed by atoms with van der Waals surface area (Å²) in [5.41, 5.74) is 0. The predicted molar refractivity (Wildman–Crippen MR) is 176 cm³/mol. The van der Waals surface area contributed by atoms with Crippen molar-refractivity contribution in [2.45, 2.75) is 219 Å². The molecule has 0 fully saturated rings. The first-order valence-electron chi connectivity index (χ1n) is 18.6. The van der Waals surface area contributed by atoms with Crippen LogP contribution < -0.4 is 56.5 Å². The van der Waals surface area contributed by atoms with E-state index in [0.29, 0.717) is 6.04 Å². The molecule has 0 aliphatic heterocycles.